The third-order valence-electron chi connectivity index (χ3n) is 2.08. The fourth-order valence-corrected chi connectivity index (χ4v) is 1.64. The van der Waals surface area contributed by atoms with Crippen molar-refractivity contribution in [3.05, 3.63) is 58.6 Å². The van der Waals surface area contributed by atoms with E-state index in [1.54, 1.807) is 18.2 Å². The summed E-state index contributed by atoms with van der Waals surface area (Å²) < 4.78 is 13.3. The number of aromatic nitrogens is 1. The second kappa shape index (κ2) is 5.05. The summed E-state index contributed by atoms with van der Waals surface area (Å²) in [4.78, 5) is 15.6. The van der Waals surface area contributed by atoms with Crippen molar-refractivity contribution in [2.24, 2.45) is 0 Å². The number of benzene rings is 1. The second-order valence-corrected chi connectivity index (χ2v) is 4.15. The summed E-state index contributed by atoms with van der Waals surface area (Å²) in [6.07, 6.45) is 1.54. The zero-order valence-electron chi connectivity index (χ0n) is 8.65. The molecule has 17 heavy (non-hydrogen) atoms. The van der Waals surface area contributed by atoms with Crippen molar-refractivity contribution in [3.63, 3.8) is 0 Å². The van der Waals surface area contributed by atoms with Crippen LogP contribution in [0, 0.1) is 5.82 Å². The van der Waals surface area contributed by atoms with Crippen LogP contribution < -0.4 is 5.32 Å². The maximum Gasteiger partial charge on any atom is 0.274 e. The Labute approximate surface area is 106 Å². The van der Waals surface area contributed by atoms with Gasteiger partial charge in [0.2, 0.25) is 0 Å². The molecule has 2 rings (SSSR count). The van der Waals surface area contributed by atoms with Crippen LogP contribution in [0.15, 0.2) is 47.1 Å². The Kier molecular flexibility index (Phi) is 3.49. The average Bonchev–Trinajstić information content (AvgIpc) is 2.35. The van der Waals surface area contributed by atoms with Gasteiger partial charge in [0.1, 0.15) is 11.5 Å². The van der Waals surface area contributed by atoms with Crippen molar-refractivity contribution < 1.29 is 9.18 Å². The van der Waals surface area contributed by atoms with Crippen LogP contribution in [0.1, 0.15) is 10.5 Å². The minimum Gasteiger partial charge on any atom is -0.321 e. The first-order chi connectivity index (χ1) is 8.16. The van der Waals surface area contributed by atoms with Crippen molar-refractivity contribution >= 4 is 27.5 Å². The van der Waals surface area contributed by atoms with Crippen LogP contribution in [-0.2, 0) is 0 Å². The molecule has 1 aromatic heterocycles. The lowest BCUT2D eigenvalue weighted by atomic mass is 10.3. The first-order valence-corrected chi connectivity index (χ1v) is 5.63. The van der Waals surface area contributed by atoms with Gasteiger partial charge >= 0.3 is 0 Å². The number of rotatable bonds is 2. The van der Waals surface area contributed by atoms with Gasteiger partial charge in [-0.15, -0.1) is 0 Å². The Morgan fingerprint density at radius 3 is 2.76 bits per heavy atom. The van der Waals surface area contributed by atoms with Gasteiger partial charge < -0.3 is 5.32 Å². The van der Waals surface area contributed by atoms with E-state index in [1.807, 2.05) is 0 Å². The highest BCUT2D eigenvalue weighted by Gasteiger charge is 2.07. The predicted octanol–water partition coefficient (Wildman–Crippen LogP) is 3.24. The van der Waals surface area contributed by atoms with E-state index >= 15 is 0 Å². The Bertz CT molecular complexity index is 545. The summed E-state index contributed by atoms with van der Waals surface area (Å²) in [5, 5.41) is 2.63. The monoisotopic (exact) mass is 294 g/mol. The predicted molar refractivity (Wildman–Crippen MR) is 66.3 cm³/mol. The lowest BCUT2D eigenvalue weighted by Crippen LogP contribution is -2.13. The van der Waals surface area contributed by atoms with Gasteiger partial charge in [0.15, 0.2) is 0 Å². The molecule has 0 fully saturated rings. The molecule has 1 amide bonds. The summed E-state index contributed by atoms with van der Waals surface area (Å²) in [6.45, 7) is 0. The van der Waals surface area contributed by atoms with E-state index in [2.05, 4.69) is 26.2 Å². The van der Waals surface area contributed by atoms with Crippen LogP contribution >= 0.6 is 15.9 Å². The van der Waals surface area contributed by atoms with Gasteiger partial charge in [-0.05, 0) is 46.3 Å². The number of anilines is 1. The SMILES string of the molecule is O=C(Nc1ccc(F)c(Br)c1)c1ccccn1. The second-order valence-electron chi connectivity index (χ2n) is 3.30. The van der Waals surface area contributed by atoms with Crippen LogP contribution in [0.5, 0.6) is 0 Å². The molecule has 0 atom stereocenters. The lowest BCUT2D eigenvalue weighted by Gasteiger charge is -2.05. The van der Waals surface area contributed by atoms with E-state index in [-0.39, 0.29) is 11.7 Å². The maximum atomic E-state index is 13.0. The topological polar surface area (TPSA) is 42.0 Å². The minimum absolute atomic E-state index is 0.302. The number of halogens is 2. The zero-order chi connectivity index (χ0) is 12.3. The lowest BCUT2D eigenvalue weighted by molar-refractivity contribution is 0.102. The third-order valence-corrected chi connectivity index (χ3v) is 2.68. The molecule has 0 aliphatic carbocycles. The molecule has 3 nitrogen and oxygen atoms in total. The molecule has 0 aliphatic heterocycles. The van der Waals surface area contributed by atoms with Crippen LogP contribution in [0.2, 0.25) is 0 Å². The molecule has 1 heterocycles. The van der Waals surface area contributed by atoms with Crippen molar-refractivity contribution in [2.75, 3.05) is 5.32 Å². The number of carbonyl (C=O) groups is 1. The van der Waals surface area contributed by atoms with Crippen molar-refractivity contribution in [2.45, 2.75) is 0 Å². The normalized spacial score (nSPS) is 10.0. The minimum atomic E-state index is -0.374. The molecule has 2 aromatic rings. The molecule has 0 saturated carbocycles. The van der Waals surface area contributed by atoms with E-state index in [0.717, 1.165) is 0 Å². The van der Waals surface area contributed by atoms with Crippen LogP contribution in [-0.4, -0.2) is 10.9 Å². The number of pyridine rings is 1. The summed E-state index contributed by atoms with van der Waals surface area (Å²) in [5.41, 5.74) is 0.821. The van der Waals surface area contributed by atoms with E-state index < -0.39 is 0 Å². The standard InChI is InChI=1S/C12H8BrFN2O/c13-9-7-8(4-5-10(9)14)16-12(17)11-3-1-2-6-15-11/h1-7H,(H,16,17). The number of hydrogen-bond donors (Lipinski definition) is 1. The molecule has 86 valence electrons. The van der Waals surface area contributed by atoms with Gasteiger partial charge in [-0.1, -0.05) is 6.07 Å². The van der Waals surface area contributed by atoms with E-state index in [0.29, 0.717) is 15.9 Å². The molecule has 0 aliphatic rings. The number of carbonyl (C=O) groups excluding carboxylic acids is 1. The fraction of sp³-hybridized carbons (Fsp3) is 0. The highest BCUT2D eigenvalue weighted by molar-refractivity contribution is 9.10. The highest BCUT2D eigenvalue weighted by atomic mass is 79.9. The number of nitrogens with one attached hydrogen (secondary N) is 1. The Hall–Kier alpha value is -1.75. The number of amides is 1. The van der Waals surface area contributed by atoms with Crippen molar-refractivity contribution in [1.82, 2.24) is 4.98 Å². The molecule has 0 unspecified atom stereocenters. The quantitative estimate of drug-likeness (QED) is 0.924. The summed E-state index contributed by atoms with van der Waals surface area (Å²) in [7, 11) is 0. The Morgan fingerprint density at radius 1 is 1.29 bits per heavy atom. The van der Waals surface area contributed by atoms with Crippen molar-refractivity contribution in [3.8, 4) is 0 Å². The van der Waals surface area contributed by atoms with Crippen molar-refractivity contribution in [1.29, 1.82) is 0 Å². The summed E-state index contributed by atoms with van der Waals surface area (Å²) in [6, 6.07) is 9.32. The van der Waals surface area contributed by atoms with Gasteiger partial charge in [0.05, 0.1) is 4.47 Å². The van der Waals surface area contributed by atoms with Gasteiger partial charge in [0.25, 0.3) is 5.91 Å². The van der Waals surface area contributed by atoms with E-state index in [4.69, 9.17) is 0 Å². The van der Waals surface area contributed by atoms with Crippen LogP contribution in [0.25, 0.3) is 0 Å². The fourth-order valence-electron chi connectivity index (χ4n) is 1.27. The van der Waals surface area contributed by atoms with Crippen LogP contribution in [0.4, 0.5) is 10.1 Å². The van der Waals surface area contributed by atoms with Gasteiger partial charge in [-0.3, -0.25) is 9.78 Å². The third kappa shape index (κ3) is 2.88. The largest absolute Gasteiger partial charge is 0.321 e. The molecule has 1 N–H and O–H groups in total. The highest BCUT2D eigenvalue weighted by Crippen LogP contribution is 2.20. The Morgan fingerprint density at radius 2 is 2.12 bits per heavy atom. The number of hydrogen-bond acceptors (Lipinski definition) is 2. The molecule has 0 saturated heterocycles. The summed E-state index contributed by atoms with van der Waals surface area (Å²) in [5.74, 6) is -0.704. The molecular formula is C12H8BrFN2O. The van der Waals surface area contributed by atoms with E-state index in [9.17, 15) is 9.18 Å². The molecular weight excluding hydrogens is 287 g/mol. The maximum absolute atomic E-state index is 13.0. The summed E-state index contributed by atoms with van der Waals surface area (Å²) >= 11 is 3.05. The van der Waals surface area contributed by atoms with Crippen LogP contribution in [0.3, 0.4) is 0 Å². The van der Waals surface area contributed by atoms with Gasteiger partial charge in [-0.25, -0.2) is 4.39 Å². The molecule has 1 aromatic carbocycles. The first kappa shape index (κ1) is 11.7. The molecule has 0 bridgehead atoms. The molecule has 5 heteroatoms. The van der Waals surface area contributed by atoms with E-state index in [1.165, 1.54) is 24.4 Å². The average molecular weight is 295 g/mol. The molecule has 0 radical (unpaired) electrons. The van der Waals surface area contributed by atoms with Gasteiger partial charge in [0, 0.05) is 11.9 Å². The smallest absolute Gasteiger partial charge is 0.274 e. The zero-order valence-corrected chi connectivity index (χ0v) is 10.2. The van der Waals surface area contributed by atoms with Gasteiger partial charge in [-0.2, -0.15) is 0 Å². The molecule has 0 spiro atoms. The number of nitrogens with zero attached hydrogens (tertiary/aromatic N) is 1. The Balaban J connectivity index is 2.16. The first-order valence-electron chi connectivity index (χ1n) is 4.84.